The van der Waals surface area contributed by atoms with Crippen LogP contribution in [-0.2, 0) is 17.6 Å². The first-order valence-electron chi connectivity index (χ1n) is 9.48. The highest BCUT2D eigenvalue weighted by Gasteiger charge is 2.21. The molecule has 1 aromatic carbocycles. The molecule has 1 aliphatic rings. The fourth-order valence-electron chi connectivity index (χ4n) is 3.11. The molecule has 1 N–H and O–H groups in total. The van der Waals surface area contributed by atoms with E-state index in [1.54, 1.807) is 17.4 Å². The maximum absolute atomic E-state index is 12.3. The molecule has 5 heteroatoms. The van der Waals surface area contributed by atoms with Gasteiger partial charge < -0.3 is 10.1 Å². The van der Waals surface area contributed by atoms with E-state index in [0.29, 0.717) is 10.6 Å². The summed E-state index contributed by atoms with van der Waals surface area (Å²) in [6.45, 7) is 2.85. The number of hydrogen-bond donors (Lipinski definition) is 1. The van der Waals surface area contributed by atoms with E-state index in [2.05, 4.69) is 18.3 Å². The van der Waals surface area contributed by atoms with E-state index in [4.69, 9.17) is 4.74 Å². The van der Waals surface area contributed by atoms with Crippen molar-refractivity contribution in [2.45, 2.75) is 45.4 Å². The highest BCUT2D eigenvalue weighted by atomic mass is 32.1. The van der Waals surface area contributed by atoms with E-state index in [-0.39, 0.29) is 5.91 Å². The zero-order valence-electron chi connectivity index (χ0n) is 15.6. The van der Waals surface area contributed by atoms with Gasteiger partial charge >= 0.3 is 0 Å². The molecule has 0 bridgehead atoms. The summed E-state index contributed by atoms with van der Waals surface area (Å²) in [5, 5.41) is 13.0. The second-order valence-electron chi connectivity index (χ2n) is 6.62. The number of ether oxygens (including phenoxy) is 1. The van der Waals surface area contributed by atoms with Gasteiger partial charge in [0.25, 0.3) is 0 Å². The number of anilines is 1. The number of benzene rings is 1. The van der Waals surface area contributed by atoms with Crippen LogP contribution in [0.3, 0.4) is 0 Å². The Kier molecular flexibility index (Phi) is 6.67. The SMILES string of the molecule is CCCCOc1ccc(/C=C/C(=O)Nc2sc3c(c2C#N)CCCC3)cc1. The zero-order valence-corrected chi connectivity index (χ0v) is 16.4. The number of carbonyl (C=O) groups excluding carboxylic acids is 1. The molecular formula is C22H24N2O2S. The van der Waals surface area contributed by atoms with Gasteiger partial charge in [0.15, 0.2) is 0 Å². The Labute approximate surface area is 164 Å². The maximum atomic E-state index is 12.3. The van der Waals surface area contributed by atoms with E-state index in [9.17, 15) is 10.1 Å². The molecular weight excluding hydrogens is 356 g/mol. The molecule has 0 radical (unpaired) electrons. The largest absolute Gasteiger partial charge is 0.494 e. The van der Waals surface area contributed by atoms with Gasteiger partial charge in [0.1, 0.15) is 16.8 Å². The first-order chi connectivity index (χ1) is 13.2. The molecule has 0 spiro atoms. The molecule has 0 atom stereocenters. The normalized spacial score (nSPS) is 13.2. The highest BCUT2D eigenvalue weighted by molar-refractivity contribution is 7.16. The van der Waals surface area contributed by atoms with E-state index >= 15 is 0 Å². The quantitative estimate of drug-likeness (QED) is 0.522. The number of unbranched alkanes of at least 4 members (excludes halogenated alkanes) is 1. The molecule has 0 aliphatic heterocycles. The second-order valence-corrected chi connectivity index (χ2v) is 7.73. The number of rotatable bonds is 7. The number of aryl methyl sites for hydroxylation is 1. The van der Waals surface area contributed by atoms with Crippen LogP contribution >= 0.6 is 11.3 Å². The van der Waals surface area contributed by atoms with Gasteiger partial charge in [-0.2, -0.15) is 5.26 Å². The topological polar surface area (TPSA) is 62.1 Å². The molecule has 0 unspecified atom stereocenters. The van der Waals surface area contributed by atoms with Crippen molar-refractivity contribution in [1.82, 2.24) is 0 Å². The number of nitriles is 1. The Morgan fingerprint density at radius 3 is 2.81 bits per heavy atom. The third kappa shape index (κ3) is 4.99. The third-order valence-corrected chi connectivity index (χ3v) is 5.80. The predicted molar refractivity (Wildman–Crippen MR) is 110 cm³/mol. The summed E-state index contributed by atoms with van der Waals surface area (Å²) in [5.41, 5.74) is 2.70. The van der Waals surface area contributed by atoms with Crippen molar-refractivity contribution in [3.05, 3.63) is 51.9 Å². The minimum atomic E-state index is -0.214. The van der Waals surface area contributed by atoms with Crippen LogP contribution in [0, 0.1) is 11.3 Å². The molecule has 1 heterocycles. The molecule has 3 rings (SSSR count). The lowest BCUT2D eigenvalue weighted by Gasteiger charge is -2.09. The molecule has 0 saturated heterocycles. The molecule has 1 aromatic heterocycles. The average Bonchev–Trinajstić information content (AvgIpc) is 3.04. The predicted octanol–water partition coefficient (Wildman–Crippen LogP) is 5.33. The van der Waals surface area contributed by atoms with Crippen LogP contribution in [0.4, 0.5) is 5.00 Å². The van der Waals surface area contributed by atoms with Crippen molar-refractivity contribution in [3.63, 3.8) is 0 Å². The summed E-state index contributed by atoms with van der Waals surface area (Å²) >= 11 is 1.54. The lowest BCUT2D eigenvalue weighted by Crippen LogP contribution is -2.07. The average molecular weight is 381 g/mol. The summed E-state index contributed by atoms with van der Waals surface area (Å²) < 4.78 is 5.64. The van der Waals surface area contributed by atoms with Gasteiger partial charge in [0, 0.05) is 11.0 Å². The second kappa shape index (κ2) is 9.38. The Morgan fingerprint density at radius 1 is 1.30 bits per heavy atom. The van der Waals surface area contributed by atoms with Crippen LogP contribution < -0.4 is 10.1 Å². The molecule has 4 nitrogen and oxygen atoms in total. The first-order valence-corrected chi connectivity index (χ1v) is 10.3. The van der Waals surface area contributed by atoms with Crippen LogP contribution in [0.1, 0.15) is 54.2 Å². The monoisotopic (exact) mass is 380 g/mol. The number of nitrogens with one attached hydrogen (secondary N) is 1. The molecule has 1 amide bonds. The number of hydrogen-bond acceptors (Lipinski definition) is 4. The number of nitrogens with zero attached hydrogens (tertiary/aromatic N) is 1. The summed E-state index contributed by atoms with van der Waals surface area (Å²) in [5.74, 6) is 0.626. The Bertz CT molecular complexity index is 860. The Balaban J connectivity index is 1.61. The summed E-state index contributed by atoms with van der Waals surface area (Å²) in [6, 6.07) is 9.94. The molecule has 2 aromatic rings. The van der Waals surface area contributed by atoms with Crippen molar-refractivity contribution in [2.24, 2.45) is 0 Å². The Hall–Kier alpha value is -2.58. The first kappa shape index (κ1) is 19.2. The van der Waals surface area contributed by atoms with Gasteiger partial charge in [-0.3, -0.25) is 4.79 Å². The number of amides is 1. The van der Waals surface area contributed by atoms with Gasteiger partial charge in [0.05, 0.1) is 12.2 Å². The van der Waals surface area contributed by atoms with Crippen LogP contribution in [0.15, 0.2) is 30.3 Å². The van der Waals surface area contributed by atoms with Crippen molar-refractivity contribution >= 4 is 28.3 Å². The van der Waals surface area contributed by atoms with Gasteiger partial charge in [-0.05, 0) is 61.4 Å². The third-order valence-electron chi connectivity index (χ3n) is 4.59. The van der Waals surface area contributed by atoms with Crippen molar-refractivity contribution < 1.29 is 9.53 Å². The van der Waals surface area contributed by atoms with Gasteiger partial charge in [0.2, 0.25) is 5.91 Å². The van der Waals surface area contributed by atoms with Gasteiger partial charge in [-0.25, -0.2) is 0 Å². The summed E-state index contributed by atoms with van der Waals surface area (Å²) in [7, 11) is 0. The van der Waals surface area contributed by atoms with Crippen LogP contribution in [0.2, 0.25) is 0 Å². The zero-order chi connectivity index (χ0) is 19.1. The molecule has 140 valence electrons. The lowest BCUT2D eigenvalue weighted by atomic mass is 9.96. The van der Waals surface area contributed by atoms with Crippen LogP contribution in [0.25, 0.3) is 6.08 Å². The van der Waals surface area contributed by atoms with E-state index in [1.807, 2.05) is 24.3 Å². The maximum Gasteiger partial charge on any atom is 0.249 e. The smallest absolute Gasteiger partial charge is 0.249 e. The van der Waals surface area contributed by atoms with Crippen LogP contribution in [-0.4, -0.2) is 12.5 Å². The van der Waals surface area contributed by atoms with E-state index in [1.165, 1.54) is 11.0 Å². The van der Waals surface area contributed by atoms with E-state index < -0.39 is 0 Å². The summed E-state index contributed by atoms with van der Waals surface area (Å²) in [4.78, 5) is 13.5. The van der Waals surface area contributed by atoms with E-state index in [0.717, 1.165) is 62.0 Å². The minimum Gasteiger partial charge on any atom is -0.494 e. The summed E-state index contributed by atoms with van der Waals surface area (Å²) in [6.07, 6.45) is 9.64. The Morgan fingerprint density at radius 2 is 2.07 bits per heavy atom. The van der Waals surface area contributed by atoms with Gasteiger partial charge in [-0.1, -0.05) is 25.5 Å². The van der Waals surface area contributed by atoms with Crippen molar-refractivity contribution in [3.8, 4) is 11.8 Å². The standard InChI is InChI=1S/C22H24N2O2S/c1-2-3-14-26-17-11-8-16(9-12-17)10-13-21(25)24-22-19(15-23)18-6-4-5-7-20(18)27-22/h8-13H,2-7,14H2,1H3,(H,24,25)/b13-10+. The number of thiophene rings is 1. The number of fused-ring (bicyclic) bond motifs is 1. The fraction of sp³-hybridized carbons (Fsp3) is 0.364. The minimum absolute atomic E-state index is 0.214. The molecule has 0 saturated carbocycles. The van der Waals surface area contributed by atoms with Gasteiger partial charge in [-0.15, -0.1) is 11.3 Å². The number of carbonyl (C=O) groups is 1. The fourth-order valence-corrected chi connectivity index (χ4v) is 4.35. The van der Waals surface area contributed by atoms with Crippen molar-refractivity contribution in [2.75, 3.05) is 11.9 Å². The molecule has 0 fully saturated rings. The molecule has 1 aliphatic carbocycles. The molecule has 27 heavy (non-hydrogen) atoms. The van der Waals surface area contributed by atoms with Crippen molar-refractivity contribution in [1.29, 1.82) is 5.26 Å². The highest BCUT2D eigenvalue weighted by Crippen LogP contribution is 2.37. The lowest BCUT2D eigenvalue weighted by molar-refractivity contribution is -0.111. The van der Waals surface area contributed by atoms with Crippen LogP contribution in [0.5, 0.6) is 5.75 Å².